The molecule has 0 spiro atoms. The number of carbonyl (C=O) groups excluding carboxylic acids is 2. The van der Waals surface area contributed by atoms with Gasteiger partial charge in [0, 0.05) is 0 Å². The monoisotopic (exact) mass is 205 g/mol. The van der Waals surface area contributed by atoms with E-state index in [9.17, 15) is 9.59 Å². The van der Waals surface area contributed by atoms with Crippen LogP contribution in [0.4, 0.5) is 0 Å². The van der Waals surface area contributed by atoms with E-state index in [1.165, 1.54) is 23.5 Å². The van der Waals surface area contributed by atoms with Gasteiger partial charge in [-0.3, -0.25) is 14.9 Å². The number of thioether (sulfide) groups is 2. The quantitative estimate of drug-likeness (QED) is 0.681. The fourth-order valence-electron chi connectivity index (χ4n) is 1.11. The van der Waals surface area contributed by atoms with Gasteiger partial charge in [0.25, 0.3) is 0 Å². The predicted molar refractivity (Wildman–Crippen MR) is 52.4 cm³/mol. The fraction of sp³-hybridized carbons (Fsp3) is 0.714. The summed E-state index contributed by atoms with van der Waals surface area (Å²) >= 11 is 2.97. The predicted octanol–water partition coefficient (Wildman–Crippen LogP) is 0.496. The van der Waals surface area contributed by atoms with Gasteiger partial charge in [-0.25, -0.2) is 0 Å². The molecule has 1 aliphatic rings. The van der Waals surface area contributed by atoms with Crippen LogP contribution in [0.1, 0.15) is 6.92 Å². The number of nitrogens with one attached hydrogen (secondary N) is 1. The molecular weight excluding hydrogens is 194 g/mol. The molecule has 2 unspecified atom stereocenters. The highest BCUT2D eigenvalue weighted by atomic mass is 32.2. The molecule has 0 saturated carbocycles. The highest BCUT2D eigenvalue weighted by molar-refractivity contribution is 8.04. The Bertz CT molecular complexity index is 208. The molecule has 0 radical (unpaired) electrons. The SMILES string of the molecule is CCSC1C(=O)NC(=O)C1SC. The van der Waals surface area contributed by atoms with Gasteiger partial charge in [0.15, 0.2) is 0 Å². The van der Waals surface area contributed by atoms with Crippen molar-refractivity contribution in [2.24, 2.45) is 0 Å². The lowest BCUT2D eigenvalue weighted by molar-refractivity contribution is -0.124. The molecule has 1 aliphatic heterocycles. The van der Waals surface area contributed by atoms with Crippen LogP contribution in [0.25, 0.3) is 0 Å². The molecule has 1 fully saturated rings. The lowest BCUT2D eigenvalue weighted by Gasteiger charge is -2.10. The Morgan fingerprint density at radius 2 is 1.92 bits per heavy atom. The first kappa shape index (κ1) is 9.92. The van der Waals surface area contributed by atoms with E-state index < -0.39 is 0 Å². The molecule has 3 nitrogen and oxygen atoms in total. The number of amides is 2. The zero-order valence-corrected chi connectivity index (χ0v) is 8.63. The Hall–Kier alpha value is -0.160. The first-order valence-electron chi connectivity index (χ1n) is 3.69. The zero-order valence-electron chi connectivity index (χ0n) is 6.99. The van der Waals surface area contributed by atoms with Crippen molar-refractivity contribution in [1.29, 1.82) is 0 Å². The highest BCUT2D eigenvalue weighted by Gasteiger charge is 2.40. The number of hydrogen-bond acceptors (Lipinski definition) is 4. The van der Waals surface area contributed by atoms with E-state index in [0.29, 0.717) is 0 Å². The van der Waals surface area contributed by atoms with Crippen molar-refractivity contribution in [3.05, 3.63) is 0 Å². The van der Waals surface area contributed by atoms with E-state index in [4.69, 9.17) is 0 Å². The molecule has 12 heavy (non-hydrogen) atoms. The summed E-state index contributed by atoms with van der Waals surface area (Å²) in [5, 5.41) is 1.96. The molecule has 0 aromatic rings. The number of imide groups is 1. The molecule has 0 aliphatic carbocycles. The van der Waals surface area contributed by atoms with Crippen LogP contribution in [-0.4, -0.2) is 34.3 Å². The van der Waals surface area contributed by atoms with Crippen LogP contribution in [0.15, 0.2) is 0 Å². The maximum atomic E-state index is 11.2. The van der Waals surface area contributed by atoms with Crippen molar-refractivity contribution in [2.75, 3.05) is 12.0 Å². The molecule has 5 heteroatoms. The standard InChI is InChI=1S/C7H11NO2S2/c1-3-12-5-4(11-2)6(9)8-7(5)10/h4-5H,3H2,1-2H3,(H,8,9,10). The second-order valence-corrected chi connectivity index (χ2v) is 4.78. The summed E-state index contributed by atoms with van der Waals surface area (Å²) in [6.07, 6.45) is 1.85. The molecule has 1 N–H and O–H groups in total. The van der Waals surface area contributed by atoms with Gasteiger partial charge in [-0.1, -0.05) is 6.92 Å². The fourth-order valence-corrected chi connectivity index (χ4v) is 3.19. The van der Waals surface area contributed by atoms with Crippen molar-refractivity contribution < 1.29 is 9.59 Å². The topological polar surface area (TPSA) is 46.2 Å². The first-order valence-corrected chi connectivity index (χ1v) is 6.03. The Morgan fingerprint density at radius 3 is 2.42 bits per heavy atom. The van der Waals surface area contributed by atoms with Gasteiger partial charge in [-0.2, -0.15) is 11.8 Å². The van der Waals surface area contributed by atoms with E-state index in [1.54, 1.807) is 0 Å². The second-order valence-electron chi connectivity index (χ2n) is 2.39. The number of carbonyl (C=O) groups is 2. The maximum Gasteiger partial charge on any atom is 0.241 e. The van der Waals surface area contributed by atoms with Gasteiger partial charge in [0.05, 0.1) is 0 Å². The average molecular weight is 205 g/mol. The van der Waals surface area contributed by atoms with Crippen molar-refractivity contribution >= 4 is 35.3 Å². The largest absolute Gasteiger partial charge is 0.294 e. The summed E-state index contributed by atoms with van der Waals surface area (Å²) in [5.41, 5.74) is 0. The summed E-state index contributed by atoms with van der Waals surface area (Å²) in [6, 6.07) is 0. The second kappa shape index (κ2) is 4.18. The highest BCUT2D eigenvalue weighted by Crippen LogP contribution is 2.27. The number of hydrogen-bond donors (Lipinski definition) is 1. The summed E-state index contributed by atoms with van der Waals surface area (Å²) in [6.45, 7) is 1.98. The molecule has 2 amide bonds. The first-order chi connectivity index (χ1) is 5.70. The summed E-state index contributed by atoms with van der Waals surface area (Å²) < 4.78 is 0. The summed E-state index contributed by atoms with van der Waals surface area (Å²) in [5.74, 6) is 0.590. The molecule has 1 heterocycles. The Labute approximate surface area is 80.0 Å². The minimum absolute atomic E-state index is 0.133. The van der Waals surface area contributed by atoms with E-state index in [0.717, 1.165) is 5.75 Å². The van der Waals surface area contributed by atoms with E-state index in [-0.39, 0.29) is 22.3 Å². The van der Waals surface area contributed by atoms with Gasteiger partial charge >= 0.3 is 0 Å². The van der Waals surface area contributed by atoms with Crippen LogP contribution in [0, 0.1) is 0 Å². The molecule has 68 valence electrons. The normalized spacial score (nSPS) is 29.2. The molecule has 1 saturated heterocycles. The van der Waals surface area contributed by atoms with Crippen molar-refractivity contribution in [2.45, 2.75) is 17.4 Å². The third kappa shape index (κ3) is 1.77. The Kier molecular flexibility index (Phi) is 3.46. The molecule has 0 bridgehead atoms. The van der Waals surface area contributed by atoms with Crippen LogP contribution in [0.5, 0.6) is 0 Å². The van der Waals surface area contributed by atoms with Gasteiger partial charge in [0.2, 0.25) is 11.8 Å². The Balaban J connectivity index is 2.68. The zero-order chi connectivity index (χ0) is 9.14. The third-order valence-electron chi connectivity index (χ3n) is 1.64. The van der Waals surface area contributed by atoms with Crippen molar-refractivity contribution in [3.63, 3.8) is 0 Å². The average Bonchev–Trinajstić information content (AvgIpc) is 2.28. The lowest BCUT2D eigenvalue weighted by atomic mass is 10.3. The van der Waals surface area contributed by atoms with Crippen molar-refractivity contribution in [1.82, 2.24) is 5.32 Å². The molecular formula is C7H11NO2S2. The maximum absolute atomic E-state index is 11.2. The van der Waals surface area contributed by atoms with Gasteiger partial charge in [0.1, 0.15) is 10.5 Å². The van der Waals surface area contributed by atoms with Crippen LogP contribution >= 0.6 is 23.5 Å². The minimum Gasteiger partial charge on any atom is -0.294 e. The van der Waals surface area contributed by atoms with E-state index in [2.05, 4.69) is 5.32 Å². The van der Waals surface area contributed by atoms with Gasteiger partial charge < -0.3 is 0 Å². The Morgan fingerprint density at radius 1 is 1.33 bits per heavy atom. The van der Waals surface area contributed by atoms with Gasteiger partial charge in [-0.05, 0) is 12.0 Å². The smallest absolute Gasteiger partial charge is 0.241 e. The molecule has 1 rings (SSSR count). The lowest BCUT2D eigenvalue weighted by Crippen LogP contribution is -2.23. The minimum atomic E-state index is -0.192. The van der Waals surface area contributed by atoms with Crippen molar-refractivity contribution in [3.8, 4) is 0 Å². The summed E-state index contributed by atoms with van der Waals surface area (Å²) in [7, 11) is 0. The van der Waals surface area contributed by atoms with E-state index >= 15 is 0 Å². The van der Waals surface area contributed by atoms with Crippen LogP contribution in [0.3, 0.4) is 0 Å². The summed E-state index contributed by atoms with van der Waals surface area (Å²) in [4.78, 5) is 22.3. The van der Waals surface area contributed by atoms with E-state index in [1.807, 2.05) is 13.2 Å². The van der Waals surface area contributed by atoms with Crippen LogP contribution < -0.4 is 5.32 Å². The molecule has 2 atom stereocenters. The third-order valence-corrected chi connectivity index (χ3v) is 3.98. The molecule has 0 aromatic carbocycles. The van der Waals surface area contributed by atoms with Crippen LogP contribution in [-0.2, 0) is 9.59 Å². The van der Waals surface area contributed by atoms with Gasteiger partial charge in [-0.15, -0.1) is 11.8 Å². The number of rotatable bonds is 3. The van der Waals surface area contributed by atoms with Crippen LogP contribution in [0.2, 0.25) is 0 Å². The molecule has 0 aromatic heterocycles.